The molecule has 0 radical (unpaired) electrons. The molecule has 2 rings (SSSR count). The minimum absolute atomic E-state index is 0.0531. The predicted octanol–water partition coefficient (Wildman–Crippen LogP) is 0.915. The van der Waals surface area contributed by atoms with Gasteiger partial charge in [0.15, 0.2) is 0 Å². The molecule has 1 aromatic rings. The van der Waals surface area contributed by atoms with Crippen molar-refractivity contribution in [3.05, 3.63) is 22.2 Å². The molecule has 0 spiro atoms. The quantitative estimate of drug-likeness (QED) is 0.589. The second kappa shape index (κ2) is 6.02. The molecule has 1 fully saturated rings. The number of nitrogens with one attached hydrogen (secondary N) is 1. The lowest BCUT2D eigenvalue weighted by Gasteiger charge is -2.42. The molecule has 20 heavy (non-hydrogen) atoms. The number of aromatic nitrogens is 1. The van der Waals surface area contributed by atoms with Crippen LogP contribution in [0.1, 0.15) is 13.3 Å². The van der Waals surface area contributed by atoms with Gasteiger partial charge in [0.2, 0.25) is 11.7 Å². The maximum atomic E-state index is 11.0. The number of hydrogen-bond donors (Lipinski definition) is 2. The lowest BCUT2D eigenvalue weighted by molar-refractivity contribution is -0.384. The Morgan fingerprint density at radius 3 is 2.90 bits per heavy atom. The topological polar surface area (TPSA) is 113 Å². The molecule has 110 valence electrons. The van der Waals surface area contributed by atoms with Gasteiger partial charge in [-0.3, -0.25) is 10.1 Å². The van der Waals surface area contributed by atoms with Crippen LogP contribution in [0.3, 0.4) is 0 Å². The van der Waals surface area contributed by atoms with Crippen molar-refractivity contribution in [1.29, 1.82) is 0 Å². The van der Waals surface area contributed by atoms with Gasteiger partial charge in [-0.25, -0.2) is 0 Å². The number of pyridine rings is 1. The summed E-state index contributed by atoms with van der Waals surface area (Å²) in [5.74, 6) is 0.457. The first kappa shape index (κ1) is 14.5. The van der Waals surface area contributed by atoms with Crippen LogP contribution in [0.2, 0.25) is 0 Å². The predicted molar refractivity (Wildman–Crippen MR) is 72.9 cm³/mol. The minimum atomic E-state index is -0.491. The number of nitrogens with zero attached hydrogens (tertiary/aromatic N) is 2. The Kier molecular flexibility index (Phi) is 4.35. The van der Waals surface area contributed by atoms with Crippen molar-refractivity contribution < 1.29 is 14.4 Å². The van der Waals surface area contributed by atoms with Gasteiger partial charge in [-0.2, -0.15) is 4.98 Å². The van der Waals surface area contributed by atoms with Crippen LogP contribution >= 0.6 is 0 Å². The van der Waals surface area contributed by atoms with Gasteiger partial charge in [0.05, 0.1) is 24.2 Å². The monoisotopic (exact) mass is 282 g/mol. The summed E-state index contributed by atoms with van der Waals surface area (Å²) in [5, 5.41) is 14.0. The Bertz CT molecular complexity index is 494. The number of nitrogens with two attached hydrogens (primary N) is 1. The van der Waals surface area contributed by atoms with Crippen molar-refractivity contribution in [2.75, 3.05) is 19.0 Å². The van der Waals surface area contributed by atoms with Crippen molar-refractivity contribution in [3.8, 4) is 5.88 Å². The van der Waals surface area contributed by atoms with Crippen LogP contribution in [0.5, 0.6) is 5.88 Å². The number of hydrogen-bond acceptors (Lipinski definition) is 7. The van der Waals surface area contributed by atoms with E-state index in [1.807, 2.05) is 6.92 Å². The zero-order chi connectivity index (χ0) is 14.7. The SMILES string of the molecule is CCOC1CC(N)C1Nc1nc(OC)ccc1[N+](=O)[O-]. The third kappa shape index (κ3) is 2.81. The molecule has 0 aromatic carbocycles. The third-order valence-corrected chi connectivity index (χ3v) is 3.30. The molecule has 3 atom stereocenters. The Morgan fingerprint density at radius 2 is 2.35 bits per heavy atom. The van der Waals surface area contributed by atoms with Gasteiger partial charge in [0.1, 0.15) is 0 Å². The highest BCUT2D eigenvalue weighted by atomic mass is 16.6. The molecule has 8 nitrogen and oxygen atoms in total. The zero-order valence-corrected chi connectivity index (χ0v) is 11.4. The van der Waals surface area contributed by atoms with Crippen LogP contribution in [-0.2, 0) is 4.74 Å². The molecule has 3 N–H and O–H groups in total. The first-order chi connectivity index (χ1) is 9.56. The van der Waals surface area contributed by atoms with Crippen LogP contribution in [-0.4, -0.2) is 41.8 Å². The molecular weight excluding hydrogens is 264 g/mol. The van der Waals surface area contributed by atoms with Gasteiger partial charge in [-0.1, -0.05) is 0 Å². The van der Waals surface area contributed by atoms with Crippen molar-refractivity contribution in [2.24, 2.45) is 5.73 Å². The molecule has 0 saturated heterocycles. The number of ether oxygens (including phenoxy) is 2. The third-order valence-electron chi connectivity index (χ3n) is 3.30. The fourth-order valence-corrected chi connectivity index (χ4v) is 2.19. The van der Waals surface area contributed by atoms with Crippen LogP contribution in [0.15, 0.2) is 12.1 Å². The van der Waals surface area contributed by atoms with Gasteiger partial charge in [0.25, 0.3) is 0 Å². The molecular formula is C12H18N4O4. The number of methoxy groups -OCH3 is 1. The summed E-state index contributed by atoms with van der Waals surface area (Å²) in [7, 11) is 1.45. The highest BCUT2D eigenvalue weighted by Gasteiger charge is 2.40. The van der Waals surface area contributed by atoms with E-state index in [0.29, 0.717) is 12.5 Å². The summed E-state index contributed by atoms with van der Waals surface area (Å²) < 4.78 is 10.5. The number of nitro groups is 1. The first-order valence-corrected chi connectivity index (χ1v) is 6.40. The average molecular weight is 282 g/mol. The molecule has 3 unspecified atom stereocenters. The average Bonchev–Trinajstić information content (AvgIpc) is 2.44. The largest absolute Gasteiger partial charge is 0.481 e. The van der Waals surface area contributed by atoms with E-state index in [4.69, 9.17) is 15.2 Å². The fraction of sp³-hybridized carbons (Fsp3) is 0.583. The summed E-state index contributed by atoms with van der Waals surface area (Å²) in [6.45, 7) is 2.47. The van der Waals surface area contributed by atoms with Crippen molar-refractivity contribution in [3.63, 3.8) is 0 Å². The van der Waals surface area contributed by atoms with Crippen molar-refractivity contribution >= 4 is 11.5 Å². The molecule has 1 aromatic heterocycles. The highest BCUT2D eigenvalue weighted by Crippen LogP contribution is 2.31. The van der Waals surface area contributed by atoms with E-state index in [-0.39, 0.29) is 29.7 Å². The molecule has 0 amide bonds. The summed E-state index contributed by atoms with van der Waals surface area (Å²) in [4.78, 5) is 14.6. The normalized spacial score (nSPS) is 24.9. The van der Waals surface area contributed by atoms with Crippen molar-refractivity contribution in [1.82, 2.24) is 4.98 Å². The molecule has 1 saturated carbocycles. The summed E-state index contributed by atoms with van der Waals surface area (Å²) in [6.07, 6.45) is 0.672. The molecule has 1 heterocycles. The summed E-state index contributed by atoms with van der Waals surface area (Å²) in [6, 6.07) is 2.50. The first-order valence-electron chi connectivity index (χ1n) is 6.40. The number of anilines is 1. The van der Waals surface area contributed by atoms with Gasteiger partial charge >= 0.3 is 5.69 Å². The maximum absolute atomic E-state index is 11.0. The van der Waals surface area contributed by atoms with Crippen LogP contribution in [0.4, 0.5) is 11.5 Å². The van der Waals surface area contributed by atoms with E-state index in [2.05, 4.69) is 10.3 Å². The van der Waals surface area contributed by atoms with E-state index in [0.717, 1.165) is 6.42 Å². The van der Waals surface area contributed by atoms with Crippen molar-refractivity contribution in [2.45, 2.75) is 31.5 Å². The molecule has 8 heteroatoms. The Balaban J connectivity index is 2.20. The van der Waals surface area contributed by atoms with Gasteiger partial charge in [-0.15, -0.1) is 0 Å². The lowest BCUT2D eigenvalue weighted by Crippen LogP contribution is -2.60. The smallest absolute Gasteiger partial charge is 0.311 e. The standard InChI is InChI=1S/C12H18N4O4/c1-3-20-9-6-7(13)11(9)15-12-8(16(17)18)4-5-10(14-12)19-2/h4-5,7,9,11H,3,6,13H2,1-2H3,(H,14,15). The lowest BCUT2D eigenvalue weighted by atomic mass is 9.83. The molecule has 1 aliphatic carbocycles. The summed E-state index contributed by atoms with van der Waals surface area (Å²) >= 11 is 0. The summed E-state index contributed by atoms with van der Waals surface area (Å²) in [5.41, 5.74) is 5.81. The molecule has 0 bridgehead atoms. The molecule has 0 aliphatic heterocycles. The van der Waals surface area contributed by atoms with Crippen LogP contribution in [0.25, 0.3) is 0 Å². The second-order valence-electron chi connectivity index (χ2n) is 4.54. The highest BCUT2D eigenvalue weighted by molar-refractivity contribution is 5.58. The second-order valence-corrected chi connectivity index (χ2v) is 4.54. The Hall–Kier alpha value is -1.93. The molecule has 1 aliphatic rings. The van der Waals surface area contributed by atoms with Crippen LogP contribution in [0, 0.1) is 10.1 Å². The fourth-order valence-electron chi connectivity index (χ4n) is 2.19. The zero-order valence-electron chi connectivity index (χ0n) is 11.4. The minimum Gasteiger partial charge on any atom is -0.481 e. The maximum Gasteiger partial charge on any atom is 0.311 e. The van der Waals surface area contributed by atoms with Gasteiger partial charge in [-0.05, 0) is 13.3 Å². The van der Waals surface area contributed by atoms with Crippen LogP contribution < -0.4 is 15.8 Å². The Morgan fingerprint density at radius 1 is 1.60 bits per heavy atom. The number of rotatable bonds is 6. The van der Waals surface area contributed by atoms with Gasteiger partial charge < -0.3 is 20.5 Å². The Labute approximate surface area is 116 Å². The van der Waals surface area contributed by atoms with E-state index >= 15 is 0 Å². The van der Waals surface area contributed by atoms with E-state index in [1.165, 1.54) is 19.2 Å². The van der Waals surface area contributed by atoms with Gasteiger partial charge in [0, 0.05) is 24.8 Å². The van der Waals surface area contributed by atoms with E-state index in [1.54, 1.807) is 0 Å². The van der Waals surface area contributed by atoms with E-state index in [9.17, 15) is 10.1 Å². The van der Waals surface area contributed by atoms with E-state index < -0.39 is 4.92 Å².